The Morgan fingerprint density at radius 3 is 2.86 bits per heavy atom. The van der Waals surface area contributed by atoms with Crippen molar-refractivity contribution in [2.45, 2.75) is 57.7 Å². The fourth-order valence-corrected chi connectivity index (χ4v) is 3.84. The fraction of sp³-hybridized carbons (Fsp3) is 0.500. The molecule has 0 unspecified atom stereocenters. The van der Waals surface area contributed by atoms with Crippen molar-refractivity contribution in [3.05, 3.63) is 53.1 Å². The zero-order valence-corrected chi connectivity index (χ0v) is 12.5. The normalized spacial score (nSPS) is 18.9. The predicted molar refractivity (Wildman–Crippen MR) is 84.1 cm³/mol. The largest absolute Gasteiger partial charge is 0.330 e. The van der Waals surface area contributed by atoms with Gasteiger partial charge in [-0.15, -0.1) is 0 Å². The van der Waals surface area contributed by atoms with Gasteiger partial charge in [-0.3, -0.25) is 0 Å². The Bertz CT molecular complexity index is 623. The molecule has 0 bridgehead atoms. The second-order valence-electron chi connectivity index (χ2n) is 6.49. The summed E-state index contributed by atoms with van der Waals surface area (Å²) in [7, 11) is 0. The van der Waals surface area contributed by atoms with Crippen LogP contribution >= 0.6 is 0 Å². The monoisotopic (exact) mass is 281 g/mol. The molecule has 110 valence electrons. The number of hydrogen-bond donors (Lipinski definition) is 1. The van der Waals surface area contributed by atoms with E-state index in [2.05, 4.69) is 39.3 Å². The van der Waals surface area contributed by atoms with E-state index < -0.39 is 0 Å². The second kappa shape index (κ2) is 5.64. The molecule has 2 aromatic rings. The van der Waals surface area contributed by atoms with Gasteiger partial charge in [0.15, 0.2) is 0 Å². The second-order valence-corrected chi connectivity index (χ2v) is 6.49. The molecule has 0 atom stereocenters. The lowest BCUT2D eigenvalue weighted by Crippen LogP contribution is -2.11. The third kappa shape index (κ3) is 2.62. The Morgan fingerprint density at radius 2 is 1.95 bits per heavy atom. The van der Waals surface area contributed by atoms with Crippen LogP contribution in [0, 0.1) is 0 Å². The van der Waals surface area contributed by atoms with E-state index in [-0.39, 0.29) is 0 Å². The van der Waals surface area contributed by atoms with Gasteiger partial charge in [-0.25, -0.2) is 4.98 Å². The Labute approximate surface area is 126 Å². The van der Waals surface area contributed by atoms with Crippen LogP contribution in [0.5, 0.6) is 0 Å². The molecule has 0 saturated heterocycles. The molecular formula is C18H23N3. The number of hydrogen-bond acceptors (Lipinski definition) is 2. The van der Waals surface area contributed by atoms with E-state index in [1.54, 1.807) is 0 Å². The van der Waals surface area contributed by atoms with Crippen molar-refractivity contribution in [3.8, 4) is 0 Å². The van der Waals surface area contributed by atoms with Crippen molar-refractivity contribution in [1.82, 2.24) is 14.9 Å². The van der Waals surface area contributed by atoms with Gasteiger partial charge in [0.1, 0.15) is 0 Å². The van der Waals surface area contributed by atoms with Gasteiger partial charge in [0, 0.05) is 37.4 Å². The first-order valence-electron chi connectivity index (χ1n) is 8.21. The summed E-state index contributed by atoms with van der Waals surface area (Å²) >= 11 is 0. The highest BCUT2D eigenvalue weighted by molar-refractivity contribution is 5.34. The van der Waals surface area contributed by atoms with E-state index in [1.165, 1.54) is 54.5 Å². The van der Waals surface area contributed by atoms with E-state index in [4.69, 9.17) is 0 Å². The molecule has 0 spiro atoms. The van der Waals surface area contributed by atoms with E-state index in [9.17, 15) is 0 Å². The summed E-state index contributed by atoms with van der Waals surface area (Å²) in [4.78, 5) is 4.42. The minimum Gasteiger partial charge on any atom is -0.330 e. The minimum absolute atomic E-state index is 0.720. The van der Waals surface area contributed by atoms with Gasteiger partial charge in [-0.2, -0.15) is 0 Å². The first kappa shape index (κ1) is 13.1. The predicted octanol–water partition coefficient (Wildman–Crippen LogP) is 3.58. The quantitative estimate of drug-likeness (QED) is 0.932. The molecule has 1 aliphatic carbocycles. The van der Waals surface area contributed by atoms with Gasteiger partial charge in [-0.05, 0) is 29.5 Å². The van der Waals surface area contributed by atoms with Crippen LogP contribution in [-0.4, -0.2) is 9.55 Å². The van der Waals surface area contributed by atoms with Crippen molar-refractivity contribution >= 4 is 0 Å². The van der Waals surface area contributed by atoms with Crippen molar-refractivity contribution in [2.75, 3.05) is 0 Å². The van der Waals surface area contributed by atoms with Crippen molar-refractivity contribution in [3.63, 3.8) is 0 Å². The molecule has 1 saturated carbocycles. The third-order valence-corrected chi connectivity index (χ3v) is 5.02. The number of aromatic nitrogens is 2. The van der Waals surface area contributed by atoms with Crippen molar-refractivity contribution < 1.29 is 0 Å². The molecule has 2 aliphatic rings. The van der Waals surface area contributed by atoms with Crippen LogP contribution in [0.25, 0.3) is 0 Å². The summed E-state index contributed by atoms with van der Waals surface area (Å²) in [6, 6.07) is 6.92. The number of nitrogens with zero attached hydrogens (tertiary/aromatic N) is 2. The molecule has 1 fully saturated rings. The number of imidazole rings is 1. The van der Waals surface area contributed by atoms with Crippen molar-refractivity contribution in [2.24, 2.45) is 0 Å². The maximum atomic E-state index is 4.42. The molecular weight excluding hydrogens is 258 g/mol. The smallest absolute Gasteiger partial charge is 0.0951 e. The topological polar surface area (TPSA) is 29.9 Å². The fourth-order valence-electron chi connectivity index (χ4n) is 3.84. The molecule has 0 amide bonds. The van der Waals surface area contributed by atoms with Gasteiger partial charge in [-0.1, -0.05) is 37.5 Å². The number of rotatable bonds is 3. The van der Waals surface area contributed by atoms with Gasteiger partial charge < -0.3 is 9.88 Å². The molecule has 3 heteroatoms. The van der Waals surface area contributed by atoms with Crippen LogP contribution in [0.3, 0.4) is 0 Å². The van der Waals surface area contributed by atoms with E-state index in [0.717, 1.165) is 25.6 Å². The Kier molecular flexibility index (Phi) is 3.52. The molecule has 1 aromatic carbocycles. The Balaban J connectivity index is 1.56. The average Bonchev–Trinajstić information content (AvgIpc) is 3.16. The highest BCUT2D eigenvalue weighted by atomic mass is 15.0. The van der Waals surface area contributed by atoms with Crippen LogP contribution in [0.15, 0.2) is 30.7 Å². The van der Waals surface area contributed by atoms with Gasteiger partial charge in [0.05, 0.1) is 6.33 Å². The van der Waals surface area contributed by atoms with Crippen LogP contribution in [0.4, 0.5) is 0 Å². The molecule has 21 heavy (non-hydrogen) atoms. The summed E-state index contributed by atoms with van der Waals surface area (Å²) in [6.07, 6.45) is 10.9. The van der Waals surface area contributed by atoms with Crippen LogP contribution in [0.1, 0.15) is 60.4 Å². The minimum atomic E-state index is 0.720. The van der Waals surface area contributed by atoms with E-state index in [1.807, 2.05) is 6.33 Å². The third-order valence-electron chi connectivity index (χ3n) is 5.02. The summed E-state index contributed by atoms with van der Waals surface area (Å²) in [5, 5.41) is 3.42. The number of fused-ring (bicyclic) bond motifs is 1. The molecule has 2 heterocycles. The van der Waals surface area contributed by atoms with Gasteiger partial charge in [0.25, 0.3) is 0 Å². The molecule has 1 aliphatic heterocycles. The number of benzene rings is 1. The Morgan fingerprint density at radius 1 is 1.10 bits per heavy atom. The maximum Gasteiger partial charge on any atom is 0.0951 e. The lowest BCUT2D eigenvalue weighted by molar-refractivity contribution is 0.426. The summed E-state index contributed by atoms with van der Waals surface area (Å²) in [5.41, 5.74) is 5.75. The SMILES string of the molecule is c1cc2c(cc1Cn1cncc1C1CCCCC1)CNC2. The lowest BCUT2D eigenvalue weighted by atomic mass is 9.87. The molecule has 0 radical (unpaired) electrons. The van der Waals surface area contributed by atoms with Crippen LogP contribution in [-0.2, 0) is 19.6 Å². The zero-order valence-electron chi connectivity index (χ0n) is 12.5. The van der Waals surface area contributed by atoms with E-state index in [0.29, 0.717) is 0 Å². The van der Waals surface area contributed by atoms with Crippen LogP contribution < -0.4 is 5.32 Å². The molecule has 1 aromatic heterocycles. The molecule has 1 N–H and O–H groups in total. The first-order valence-corrected chi connectivity index (χ1v) is 8.21. The highest BCUT2D eigenvalue weighted by Crippen LogP contribution is 2.32. The highest BCUT2D eigenvalue weighted by Gasteiger charge is 2.19. The maximum absolute atomic E-state index is 4.42. The van der Waals surface area contributed by atoms with Crippen LogP contribution in [0.2, 0.25) is 0 Å². The standard InChI is InChI=1S/C18H23N3/c1-2-4-15(5-3-1)18-11-20-13-21(18)12-14-6-7-16-9-19-10-17(16)8-14/h6-8,11,13,15,19H,1-5,9-10,12H2. The van der Waals surface area contributed by atoms with Crippen molar-refractivity contribution in [1.29, 1.82) is 0 Å². The molecule has 3 nitrogen and oxygen atoms in total. The summed E-state index contributed by atoms with van der Waals surface area (Å²) < 4.78 is 2.36. The Hall–Kier alpha value is -1.61. The first-order chi connectivity index (χ1) is 10.4. The zero-order chi connectivity index (χ0) is 14.1. The van der Waals surface area contributed by atoms with Gasteiger partial charge in [0.2, 0.25) is 0 Å². The lowest BCUT2D eigenvalue weighted by Gasteiger charge is -2.23. The summed E-state index contributed by atoms with van der Waals surface area (Å²) in [6.45, 7) is 3.00. The number of nitrogens with one attached hydrogen (secondary N) is 1. The van der Waals surface area contributed by atoms with Gasteiger partial charge >= 0.3 is 0 Å². The van der Waals surface area contributed by atoms with E-state index >= 15 is 0 Å². The summed E-state index contributed by atoms with van der Waals surface area (Å²) in [5.74, 6) is 0.720. The average molecular weight is 281 g/mol. The molecule has 4 rings (SSSR count).